The first kappa shape index (κ1) is 14.5. The van der Waals surface area contributed by atoms with Crippen LogP contribution in [0.15, 0.2) is 12.1 Å². The van der Waals surface area contributed by atoms with Gasteiger partial charge in [-0.1, -0.05) is 18.5 Å². The summed E-state index contributed by atoms with van der Waals surface area (Å²) in [5, 5.41) is 0.201. The third-order valence-corrected chi connectivity index (χ3v) is 4.18. The van der Waals surface area contributed by atoms with Crippen molar-refractivity contribution in [3.05, 3.63) is 44.0 Å². The van der Waals surface area contributed by atoms with Crippen LogP contribution in [0.2, 0.25) is 5.15 Å². The number of halogens is 5. The van der Waals surface area contributed by atoms with Crippen molar-refractivity contribution in [2.24, 2.45) is 0 Å². The highest BCUT2D eigenvalue weighted by molar-refractivity contribution is 14.1. The van der Waals surface area contributed by atoms with Crippen LogP contribution in [-0.2, 0) is 6.42 Å². The van der Waals surface area contributed by atoms with E-state index in [2.05, 4.69) is 9.97 Å². The zero-order valence-corrected chi connectivity index (χ0v) is 12.6. The van der Waals surface area contributed by atoms with Crippen LogP contribution >= 0.6 is 34.2 Å². The Morgan fingerprint density at radius 3 is 2.26 bits per heavy atom. The standard InChI is InChI=1S/C12H7ClF3IN2/c1-2-8-10(17)11(13)19-12(18-8)5-3-6(14)9(16)7(15)4-5/h3-4H,2H2,1H3. The van der Waals surface area contributed by atoms with Gasteiger partial charge in [-0.3, -0.25) is 0 Å². The lowest BCUT2D eigenvalue weighted by atomic mass is 10.2. The zero-order chi connectivity index (χ0) is 14.2. The predicted molar refractivity (Wildman–Crippen MR) is 74.4 cm³/mol. The van der Waals surface area contributed by atoms with Crippen LogP contribution in [0.25, 0.3) is 11.4 Å². The Hall–Kier alpha value is -0.890. The molecule has 7 heteroatoms. The summed E-state index contributed by atoms with van der Waals surface area (Å²) in [6.45, 7) is 1.87. The van der Waals surface area contributed by atoms with E-state index in [0.717, 1.165) is 12.1 Å². The normalized spacial score (nSPS) is 10.8. The Morgan fingerprint density at radius 1 is 1.16 bits per heavy atom. The van der Waals surface area contributed by atoms with Crippen LogP contribution in [0.1, 0.15) is 12.6 Å². The Balaban J connectivity index is 2.62. The van der Waals surface area contributed by atoms with Gasteiger partial charge in [0.25, 0.3) is 0 Å². The summed E-state index contributed by atoms with van der Waals surface area (Å²) in [5.41, 5.74) is 0.713. The first-order valence-corrected chi connectivity index (χ1v) is 6.76. The quantitative estimate of drug-likeness (QED) is 0.426. The van der Waals surface area contributed by atoms with E-state index in [4.69, 9.17) is 11.6 Å². The molecule has 1 aromatic heterocycles. The minimum atomic E-state index is -1.52. The molecule has 100 valence electrons. The lowest BCUT2D eigenvalue weighted by Crippen LogP contribution is -2.01. The average molecular weight is 399 g/mol. The molecular weight excluding hydrogens is 391 g/mol. The van der Waals surface area contributed by atoms with Crippen molar-refractivity contribution in [1.29, 1.82) is 0 Å². The van der Waals surface area contributed by atoms with E-state index in [-0.39, 0.29) is 16.5 Å². The number of aryl methyl sites for hydroxylation is 1. The van der Waals surface area contributed by atoms with Gasteiger partial charge in [0.1, 0.15) is 5.15 Å². The maximum Gasteiger partial charge on any atom is 0.194 e. The molecule has 0 saturated carbocycles. The second-order valence-electron chi connectivity index (χ2n) is 3.71. The Labute approximate surface area is 126 Å². The zero-order valence-electron chi connectivity index (χ0n) is 9.65. The van der Waals surface area contributed by atoms with Crippen LogP contribution in [-0.4, -0.2) is 9.97 Å². The minimum absolute atomic E-state index is 0.0457. The fourth-order valence-corrected chi connectivity index (χ4v) is 2.32. The Bertz CT molecular complexity index is 626. The molecule has 0 aliphatic rings. The van der Waals surface area contributed by atoms with Crippen LogP contribution in [0, 0.1) is 21.0 Å². The third kappa shape index (κ3) is 2.84. The molecule has 2 aromatic rings. The summed E-state index contributed by atoms with van der Waals surface area (Å²) in [6.07, 6.45) is 0.597. The predicted octanol–water partition coefficient (Wildman–Crippen LogP) is 4.38. The maximum atomic E-state index is 13.2. The molecule has 0 aliphatic heterocycles. The molecule has 1 heterocycles. The topological polar surface area (TPSA) is 25.8 Å². The van der Waals surface area contributed by atoms with E-state index in [9.17, 15) is 13.2 Å². The van der Waals surface area contributed by atoms with Crippen LogP contribution < -0.4 is 0 Å². The number of nitrogens with zero attached hydrogens (tertiary/aromatic N) is 2. The number of hydrogen-bond donors (Lipinski definition) is 0. The van der Waals surface area contributed by atoms with Gasteiger partial charge in [0.2, 0.25) is 0 Å². The van der Waals surface area contributed by atoms with Crippen molar-refractivity contribution in [3.63, 3.8) is 0 Å². The lowest BCUT2D eigenvalue weighted by molar-refractivity contribution is 0.447. The van der Waals surface area contributed by atoms with Crippen molar-refractivity contribution >= 4 is 34.2 Å². The Kier molecular flexibility index (Phi) is 4.29. The van der Waals surface area contributed by atoms with Crippen molar-refractivity contribution < 1.29 is 13.2 Å². The average Bonchev–Trinajstić information content (AvgIpc) is 2.38. The molecule has 0 fully saturated rings. The van der Waals surface area contributed by atoms with E-state index >= 15 is 0 Å². The van der Waals surface area contributed by atoms with Crippen LogP contribution in [0.4, 0.5) is 13.2 Å². The largest absolute Gasteiger partial charge is 0.232 e. The summed E-state index contributed by atoms with van der Waals surface area (Å²) >= 11 is 7.93. The number of benzene rings is 1. The first-order valence-electron chi connectivity index (χ1n) is 5.30. The molecular formula is C12H7ClF3IN2. The third-order valence-electron chi connectivity index (χ3n) is 2.46. The van der Waals surface area contributed by atoms with Gasteiger partial charge in [0.15, 0.2) is 23.3 Å². The molecule has 0 unspecified atom stereocenters. The SMILES string of the molecule is CCc1nc(-c2cc(F)c(F)c(F)c2)nc(Cl)c1I. The fourth-order valence-electron chi connectivity index (χ4n) is 1.51. The molecule has 0 aliphatic carbocycles. The number of aromatic nitrogens is 2. The molecule has 0 N–H and O–H groups in total. The smallest absolute Gasteiger partial charge is 0.194 e. The van der Waals surface area contributed by atoms with Gasteiger partial charge in [-0.05, 0) is 41.1 Å². The molecule has 0 bridgehead atoms. The fraction of sp³-hybridized carbons (Fsp3) is 0.167. The van der Waals surface area contributed by atoms with Crippen LogP contribution in [0.3, 0.4) is 0 Å². The van der Waals surface area contributed by atoms with Gasteiger partial charge in [-0.15, -0.1) is 0 Å². The summed E-state index contributed by atoms with van der Waals surface area (Å²) in [5.74, 6) is -4.02. The van der Waals surface area contributed by atoms with Crippen molar-refractivity contribution in [2.45, 2.75) is 13.3 Å². The number of hydrogen-bond acceptors (Lipinski definition) is 2. The van der Waals surface area contributed by atoms with Crippen LogP contribution in [0.5, 0.6) is 0 Å². The second-order valence-corrected chi connectivity index (χ2v) is 5.14. The van der Waals surface area contributed by atoms with Gasteiger partial charge >= 0.3 is 0 Å². The molecule has 0 spiro atoms. The van der Waals surface area contributed by atoms with Gasteiger partial charge < -0.3 is 0 Å². The molecule has 0 atom stereocenters. The van der Waals surface area contributed by atoms with E-state index in [1.54, 1.807) is 0 Å². The van der Waals surface area contributed by atoms with E-state index < -0.39 is 17.5 Å². The highest BCUT2D eigenvalue weighted by Crippen LogP contribution is 2.26. The van der Waals surface area contributed by atoms with E-state index in [0.29, 0.717) is 15.7 Å². The van der Waals surface area contributed by atoms with Gasteiger partial charge in [0, 0.05) is 5.56 Å². The molecule has 2 nitrogen and oxygen atoms in total. The highest BCUT2D eigenvalue weighted by Gasteiger charge is 2.15. The molecule has 0 saturated heterocycles. The van der Waals surface area contributed by atoms with Crippen molar-refractivity contribution in [1.82, 2.24) is 9.97 Å². The number of rotatable bonds is 2. The lowest BCUT2D eigenvalue weighted by Gasteiger charge is -2.07. The molecule has 2 rings (SSSR count). The van der Waals surface area contributed by atoms with Gasteiger partial charge in [0.05, 0.1) is 9.26 Å². The second kappa shape index (κ2) is 5.62. The summed E-state index contributed by atoms with van der Waals surface area (Å²) in [6, 6.07) is 1.69. The highest BCUT2D eigenvalue weighted by atomic mass is 127. The monoisotopic (exact) mass is 398 g/mol. The molecule has 0 amide bonds. The van der Waals surface area contributed by atoms with E-state index in [1.165, 1.54) is 0 Å². The van der Waals surface area contributed by atoms with Crippen molar-refractivity contribution in [3.8, 4) is 11.4 Å². The Morgan fingerprint density at radius 2 is 1.74 bits per heavy atom. The van der Waals surface area contributed by atoms with Gasteiger partial charge in [-0.2, -0.15) is 0 Å². The summed E-state index contributed by atoms with van der Waals surface area (Å²) in [4.78, 5) is 8.13. The molecule has 19 heavy (non-hydrogen) atoms. The molecule has 0 radical (unpaired) electrons. The maximum absolute atomic E-state index is 13.2. The van der Waals surface area contributed by atoms with Crippen molar-refractivity contribution in [2.75, 3.05) is 0 Å². The summed E-state index contributed by atoms with van der Waals surface area (Å²) < 4.78 is 40.0. The minimum Gasteiger partial charge on any atom is -0.232 e. The molecule has 1 aromatic carbocycles. The van der Waals surface area contributed by atoms with E-state index in [1.807, 2.05) is 29.5 Å². The summed E-state index contributed by atoms with van der Waals surface area (Å²) in [7, 11) is 0. The first-order chi connectivity index (χ1) is 8.93. The van der Waals surface area contributed by atoms with Gasteiger partial charge in [-0.25, -0.2) is 23.1 Å².